The number of rotatable bonds is 7. The quantitative estimate of drug-likeness (QED) is 0.574. The van der Waals surface area contributed by atoms with Gasteiger partial charge in [0.1, 0.15) is 12.6 Å². The van der Waals surface area contributed by atoms with Crippen molar-refractivity contribution in [2.24, 2.45) is 5.14 Å². The van der Waals surface area contributed by atoms with Gasteiger partial charge in [0.15, 0.2) is 0 Å². The molecule has 1 aliphatic rings. The van der Waals surface area contributed by atoms with Crippen LogP contribution < -0.4 is 15.8 Å². The normalized spacial score (nSPS) is 16.6. The van der Waals surface area contributed by atoms with Crippen molar-refractivity contribution in [2.75, 3.05) is 11.9 Å². The van der Waals surface area contributed by atoms with Gasteiger partial charge >= 0.3 is 6.03 Å². The van der Waals surface area contributed by atoms with Crippen molar-refractivity contribution in [2.45, 2.75) is 23.8 Å². The Morgan fingerprint density at radius 2 is 1.72 bits per heavy atom. The minimum atomic E-state index is -3.83. The molecular formula is C19H20N4O5S. The molecule has 4 N–H and O–H groups in total. The lowest BCUT2D eigenvalue weighted by Crippen LogP contribution is -2.38. The summed E-state index contributed by atoms with van der Waals surface area (Å²) in [7, 11) is -3.83. The first-order valence-electron chi connectivity index (χ1n) is 8.82. The smallest absolute Gasteiger partial charge is 0.325 e. The van der Waals surface area contributed by atoms with E-state index in [2.05, 4.69) is 10.6 Å². The van der Waals surface area contributed by atoms with Crippen LogP contribution in [-0.2, 0) is 26.0 Å². The number of nitrogens with zero attached hydrogens (tertiary/aromatic N) is 1. The fraction of sp³-hybridized carbons (Fsp3) is 0.211. The fourth-order valence-electron chi connectivity index (χ4n) is 2.95. The number of hydrogen-bond acceptors (Lipinski definition) is 5. The molecule has 1 heterocycles. The second-order valence-corrected chi connectivity index (χ2v) is 8.13. The summed E-state index contributed by atoms with van der Waals surface area (Å²) >= 11 is 0. The van der Waals surface area contributed by atoms with Crippen LogP contribution in [0.5, 0.6) is 0 Å². The Hall–Kier alpha value is -3.24. The maximum atomic E-state index is 12.5. The number of carbonyl (C=O) groups is 3. The van der Waals surface area contributed by atoms with E-state index < -0.39 is 40.5 Å². The Bertz CT molecular complexity index is 1020. The van der Waals surface area contributed by atoms with E-state index in [1.165, 1.54) is 24.3 Å². The average Bonchev–Trinajstić information content (AvgIpc) is 2.94. The number of primary sulfonamides is 1. The Balaban J connectivity index is 1.56. The fourth-order valence-corrected chi connectivity index (χ4v) is 3.47. The number of aryl methyl sites for hydroxylation is 1. The molecule has 1 saturated heterocycles. The largest absolute Gasteiger partial charge is 0.326 e. The summed E-state index contributed by atoms with van der Waals surface area (Å²) in [6, 6.07) is 13.5. The van der Waals surface area contributed by atoms with Crippen LogP contribution in [0.2, 0.25) is 0 Å². The minimum absolute atomic E-state index is 0.0918. The molecule has 0 aliphatic carbocycles. The number of nitrogens with one attached hydrogen (secondary N) is 2. The third-order valence-electron chi connectivity index (χ3n) is 4.44. The number of nitrogens with two attached hydrogens (primary N) is 1. The van der Waals surface area contributed by atoms with E-state index in [1.807, 2.05) is 30.3 Å². The molecule has 0 saturated carbocycles. The number of urea groups is 1. The number of sulfonamides is 1. The van der Waals surface area contributed by atoms with E-state index >= 15 is 0 Å². The summed E-state index contributed by atoms with van der Waals surface area (Å²) in [6.45, 7) is -0.441. The predicted molar refractivity (Wildman–Crippen MR) is 105 cm³/mol. The lowest BCUT2D eigenvalue weighted by molar-refractivity contribution is -0.130. The van der Waals surface area contributed by atoms with Gasteiger partial charge in [-0.25, -0.2) is 18.4 Å². The van der Waals surface area contributed by atoms with Crippen molar-refractivity contribution in [1.82, 2.24) is 10.2 Å². The number of benzene rings is 2. The van der Waals surface area contributed by atoms with Crippen LogP contribution in [-0.4, -0.2) is 43.7 Å². The van der Waals surface area contributed by atoms with Crippen molar-refractivity contribution in [3.05, 3.63) is 60.2 Å². The second kappa shape index (κ2) is 8.41. The highest BCUT2D eigenvalue weighted by atomic mass is 32.2. The highest BCUT2D eigenvalue weighted by Crippen LogP contribution is 2.15. The van der Waals surface area contributed by atoms with Crippen LogP contribution in [0.15, 0.2) is 59.5 Å². The van der Waals surface area contributed by atoms with Gasteiger partial charge in [0, 0.05) is 5.69 Å². The summed E-state index contributed by atoms with van der Waals surface area (Å²) in [5.74, 6) is -1.04. The van der Waals surface area contributed by atoms with E-state index in [0.717, 1.165) is 10.5 Å². The molecule has 1 atom stereocenters. The Morgan fingerprint density at radius 3 is 2.34 bits per heavy atom. The lowest BCUT2D eigenvalue weighted by atomic mass is 10.1. The highest BCUT2D eigenvalue weighted by molar-refractivity contribution is 7.89. The standard InChI is InChI=1S/C19H20N4O5S/c20-29(27,28)15-9-7-14(8-10-15)21-17(24)12-23-18(25)16(22-19(23)26)11-6-13-4-2-1-3-5-13/h1-5,7-10,16H,6,11-12H2,(H,21,24)(H,22,26)(H2,20,27,28)/t16-/m0/s1. The van der Waals surface area contributed by atoms with Crippen LogP contribution in [0.25, 0.3) is 0 Å². The van der Waals surface area contributed by atoms with Crippen molar-refractivity contribution < 1.29 is 22.8 Å². The number of imide groups is 1. The van der Waals surface area contributed by atoms with E-state index in [-0.39, 0.29) is 4.90 Å². The van der Waals surface area contributed by atoms with Crippen LogP contribution in [0.1, 0.15) is 12.0 Å². The lowest BCUT2D eigenvalue weighted by Gasteiger charge is -2.13. The summed E-state index contributed by atoms with van der Waals surface area (Å²) in [4.78, 5) is 37.5. The first-order chi connectivity index (χ1) is 13.7. The molecule has 10 heteroatoms. The molecule has 29 heavy (non-hydrogen) atoms. The third-order valence-corrected chi connectivity index (χ3v) is 5.37. The summed E-state index contributed by atoms with van der Waals surface area (Å²) < 4.78 is 22.5. The van der Waals surface area contributed by atoms with Crippen LogP contribution in [0, 0.1) is 0 Å². The van der Waals surface area contributed by atoms with Crippen LogP contribution in [0.4, 0.5) is 10.5 Å². The van der Waals surface area contributed by atoms with E-state index in [1.54, 1.807) is 0 Å². The molecular weight excluding hydrogens is 396 g/mol. The molecule has 0 radical (unpaired) electrons. The van der Waals surface area contributed by atoms with Crippen molar-refractivity contribution in [1.29, 1.82) is 0 Å². The van der Waals surface area contributed by atoms with E-state index in [0.29, 0.717) is 18.5 Å². The third kappa shape index (κ3) is 5.18. The van der Waals surface area contributed by atoms with Gasteiger partial charge in [-0.1, -0.05) is 30.3 Å². The van der Waals surface area contributed by atoms with Gasteiger partial charge in [-0.15, -0.1) is 0 Å². The van der Waals surface area contributed by atoms with Crippen LogP contribution in [0.3, 0.4) is 0 Å². The Morgan fingerprint density at radius 1 is 1.07 bits per heavy atom. The van der Waals surface area contributed by atoms with Gasteiger partial charge in [-0.2, -0.15) is 0 Å². The number of carbonyl (C=O) groups excluding carboxylic acids is 3. The topological polar surface area (TPSA) is 139 Å². The first kappa shape index (κ1) is 20.5. The second-order valence-electron chi connectivity index (χ2n) is 6.57. The summed E-state index contributed by atoms with van der Waals surface area (Å²) in [5, 5.41) is 10.1. The molecule has 9 nitrogen and oxygen atoms in total. The summed E-state index contributed by atoms with van der Waals surface area (Å²) in [6.07, 6.45) is 1.05. The van der Waals surface area contributed by atoms with Gasteiger partial charge in [0.05, 0.1) is 4.90 Å². The molecule has 3 rings (SSSR count). The molecule has 0 bridgehead atoms. The molecule has 0 spiro atoms. The average molecular weight is 416 g/mol. The molecule has 2 aromatic rings. The van der Waals surface area contributed by atoms with E-state index in [4.69, 9.17) is 5.14 Å². The van der Waals surface area contributed by atoms with Crippen molar-refractivity contribution in [3.63, 3.8) is 0 Å². The molecule has 1 fully saturated rings. The van der Waals surface area contributed by atoms with Gasteiger partial charge in [-0.3, -0.25) is 14.5 Å². The Kier molecular flexibility index (Phi) is 5.95. The number of hydrogen-bond donors (Lipinski definition) is 3. The highest BCUT2D eigenvalue weighted by Gasteiger charge is 2.38. The Labute approximate surface area is 167 Å². The molecule has 1 aliphatic heterocycles. The van der Waals surface area contributed by atoms with Gasteiger partial charge < -0.3 is 10.6 Å². The molecule has 2 aromatic carbocycles. The zero-order chi connectivity index (χ0) is 21.0. The van der Waals surface area contributed by atoms with Gasteiger partial charge in [0.2, 0.25) is 15.9 Å². The predicted octanol–water partition coefficient (Wildman–Crippen LogP) is 0.826. The molecule has 0 aromatic heterocycles. The zero-order valence-corrected chi connectivity index (χ0v) is 16.2. The zero-order valence-electron chi connectivity index (χ0n) is 15.4. The van der Waals surface area contributed by atoms with Crippen molar-refractivity contribution in [3.8, 4) is 0 Å². The molecule has 152 valence electrons. The van der Waals surface area contributed by atoms with E-state index in [9.17, 15) is 22.8 Å². The van der Waals surface area contributed by atoms with Gasteiger partial charge in [-0.05, 0) is 42.7 Å². The van der Waals surface area contributed by atoms with Crippen LogP contribution >= 0.6 is 0 Å². The maximum absolute atomic E-state index is 12.5. The van der Waals surface area contributed by atoms with Crippen molar-refractivity contribution >= 4 is 33.6 Å². The number of anilines is 1. The SMILES string of the molecule is NS(=O)(=O)c1ccc(NC(=O)CN2C(=O)N[C@@H](CCc3ccccc3)C2=O)cc1. The summed E-state index contributed by atoms with van der Waals surface area (Å²) in [5.41, 5.74) is 1.36. The maximum Gasteiger partial charge on any atom is 0.325 e. The first-order valence-corrected chi connectivity index (χ1v) is 10.4. The van der Waals surface area contributed by atoms with Gasteiger partial charge in [0.25, 0.3) is 5.91 Å². The minimum Gasteiger partial charge on any atom is -0.326 e. The monoisotopic (exact) mass is 416 g/mol. The molecule has 4 amide bonds. The molecule has 0 unspecified atom stereocenters. The number of amides is 4.